The van der Waals surface area contributed by atoms with Crippen LogP contribution in [0, 0.1) is 5.82 Å². The topological polar surface area (TPSA) is 12.0 Å². The van der Waals surface area contributed by atoms with Gasteiger partial charge in [0.25, 0.3) is 0 Å². The molecule has 0 amide bonds. The normalized spacial score (nSPS) is 10.3. The second-order valence-electron chi connectivity index (χ2n) is 4.93. The van der Waals surface area contributed by atoms with E-state index in [0.29, 0.717) is 6.54 Å². The van der Waals surface area contributed by atoms with Gasteiger partial charge in [-0.05, 0) is 34.9 Å². The molecule has 1 N–H and O–H groups in total. The van der Waals surface area contributed by atoms with Crippen LogP contribution in [0.1, 0.15) is 5.56 Å². The Morgan fingerprint density at radius 3 is 2.14 bits per heavy atom. The summed E-state index contributed by atoms with van der Waals surface area (Å²) in [5.41, 5.74) is 4.37. The number of halogens is 1. The molecule has 0 bridgehead atoms. The van der Waals surface area contributed by atoms with Crippen molar-refractivity contribution in [2.24, 2.45) is 0 Å². The van der Waals surface area contributed by atoms with Gasteiger partial charge in [0.2, 0.25) is 0 Å². The fraction of sp³-hybridized carbons (Fsp3) is 0.0526. The average molecular weight is 277 g/mol. The van der Waals surface area contributed by atoms with Gasteiger partial charge >= 0.3 is 0 Å². The van der Waals surface area contributed by atoms with E-state index in [2.05, 4.69) is 41.7 Å². The van der Waals surface area contributed by atoms with Crippen LogP contribution in [0.5, 0.6) is 0 Å². The van der Waals surface area contributed by atoms with Gasteiger partial charge in [0.1, 0.15) is 5.82 Å². The molecule has 0 heterocycles. The lowest BCUT2D eigenvalue weighted by molar-refractivity contribution is 0.628. The quantitative estimate of drug-likeness (QED) is 0.699. The average Bonchev–Trinajstić information content (AvgIpc) is 2.54. The van der Waals surface area contributed by atoms with Crippen LogP contribution >= 0.6 is 0 Å². The lowest BCUT2D eigenvalue weighted by Gasteiger charge is -2.08. The molecule has 1 nitrogen and oxygen atoms in total. The lowest BCUT2D eigenvalue weighted by Crippen LogP contribution is -1.99. The molecule has 0 radical (unpaired) electrons. The molecule has 0 unspecified atom stereocenters. The number of rotatable bonds is 4. The predicted molar refractivity (Wildman–Crippen MR) is 85.6 cm³/mol. The number of benzene rings is 3. The fourth-order valence-electron chi connectivity index (χ4n) is 2.25. The maximum atomic E-state index is 13.1. The van der Waals surface area contributed by atoms with E-state index in [9.17, 15) is 4.39 Å². The van der Waals surface area contributed by atoms with Crippen molar-refractivity contribution < 1.29 is 4.39 Å². The van der Waals surface area contributed by atoms with E-state index in [1.165, 1.54) is 28.8 Å². The van der Waals surface area contributed by atoms with Crippen LogP contribution in [0.15, 0.2) is 78.9 Å². The van der Waals surface area contributed by atoms with Gasteiger partial charge in [0.15, 0.2) is 0 Å². The smallest absolute Gasteiger partial charge is 0.125 e. The highest BCUT2D eigenvalue weighted by molar-refractivity contribution is 5.63. The Bertz CT molecular complexity index is 705. The van der Waals surface area contributed by atoms with Crippen LogP contribution < -0.4 is 5.32 Å². The van der Waals surface area contributed by atoms with Crippen LogP contribution in [-0.4, -0.2) is 0 Å². The monoisotopic (exact) mass is 277 g/mol. The molecule has 0 spiro atoms. The SMILES string of the molecule is Fc1cccc(NCc2ccc(-c3ccccc3)cc2)c1. The highest BCUT2D eigenvalue weighted by Crippen LogP contribution is 2.19. The molecular weight excluding hydrogens is 261 g/mol. The highest BCUT2D eigenvalue weighted by Gasteiger charge is 1.98. The standard InChI is InChI=1S/C19H16FN/c20-18-7-4-8-19(13-18)21-14-15-9-11-17(12-10-15)16-5-2-1-3-6-16/h1-13,21H,14H2. The number of hydrogen-bond acceptors (Lipinski definition) is 1. The van der Waals surface area contributed by atoms with Crippen molar-refractivity contribution in [2.75, 3.05) is 5.32 Å². The zero-order valence-corrected chi connectivity index (χ0v) is 11.6. The molecule has 104 valence electrons. The molecule has 0 fully saturated rings. The van der Waals surface area contributed by atoms with E-state index >= 15 is 0 Å². The van der Waals surface area contributed by atoms with E-state index in [4.69, 9.17) is 0 Å². The first-order chi connectivity index (χ1) is 10.3. The Labute approximate surface area is 124 Å². The first-order valence-corrected chi connectivity index (χ1v) is 6.95. The van der Waals surface area contributed by atoms with E-state index in [1.807, 2.05) is 24.3 Å². The molecule has 3 aromatic rings. The van der Waals surface area contributed by atoms with Crippen LogP contribution in [0.3, 0.4) is 0 Å². The van der Waals surface area contributed by atoms with Crippen molar-refractivity contribution in [3.8, 4) is 11.1 Å². The molecule has 3 rings (SSSR count). The van der Waals surface area contributed by atoms with Crippen LogP contribution in [0.25, 0.3) is 11.1 Å². The second kappa shape index (κ2) is 6.23. The van der Waals surface area contributed by atoms with Crippen molar-refractivity contribution >= 4 is 5.69 Å². The summed E-state index contributed by atoms with van der Waals surface area (Å²) < 4.78 is 13.1. The van der Waals surface area contributed by atoms with Gasteiger partial charge in [-0.25, -0.2) is 4.39 Å². The summed E-state index contributed by atoms with van der Waals surface area (Å²) in [7, 11) is 0. The molecule has 0 aliphatic carbocycles. The van der Waals surface area contributed by atoms with Gasteiger partial charge in [-0.2, -0.15) is 0 Å². The van der Waals surface area contributed by atoms with Crippen LogP contribution in [0.4, 0.5) is 10.1 Å². The van der Waals surface area contributed by atoms with Gasteiger partial charge < -0.3 is 5.32 Å². The Hall–Kier alpha value is -2.61. The molecule has 3 aromatic carbocycles. The van der Waals surface area contributed by atoms with Gasteiger partial charge in [-0.15, -0.1) is 0 Å². The molecular formula is C19H16FN. The van der Waals surface area contributed by atoms with Crippen molar-refractivity contribution in [2.45, 2.75) is 6.54 Å². The molecule has 21 heavy (non-hydrogen) atoms. The summed E-state index contributed by atoms with van der Waals surface area (Å²) in [5.74, 6) is -0.223. The maximum absolute atomic E-state index is 13.1. The fourth-order valence-corrected chi connectivity index (χ4v) is 2.25. The Morgan fingerprint density at radius 2 is 1.43 bits per heavy atom. The number of nitrogens with one attached hydrogen (secondary N) is 1. The van der Waals surface area contributed by atoms with Gasteiger partial charge in [0.05, 0.1) is 0 Å². The molecule has 2 heteroatoms. The summed E-state index contributed by atoms with van der Waals surface area (Å²) in [6.07, 6.45) is 0. The van der Waals surface area contributed by atoms with Crippen LogP contribution in [0.2, 0.25) is 0 Å². The van der Waals surface area contributed by atoms with Crippen molar-refractivity contribution in [3.63, 3.8) is 0 Å². The second-order valence-corrected chi connectivity index (χ2v) is 4.93. The molecule has 0 aliphatic rings. The van der Waals surface area contributed by atoms with E-state index in [-0.39, 0.29) is 5.82 Å². The van der Waals surface area contributed by atoms with E-state index in [0.717, 1.165) is 5.69 Å². The van der Waals surface area contributed by atoms with Crippen LogP contribution in [-0.2, 0) is 6.54 Å². The first kappa shape index (κ1) is 13.4. The molecule has 0 saturated carbocycles. The van der Waals surface area contributed by atoms with Gasteiger partial charge in [-0.1, -0.05) is 60.7 Å². The minimum absolute atomic E-state index is 0.223. The van der Waals surface area contributed by atoms with E-state index < -0.39 is 0 Å². The molecule has 0 aromatic heterocycles. The third kappa shape index (κ3) is 3.48. The summed E-state index contributed by atoms with van der Waals surface area (Å²) in [6.45, 7) is 0.679. The number of anilines is 1. The third-order valence-electron chi connectivity index (χ3n) is 3.38. The zero-order valence-electron chi connectivity index (χ0n) is 11.6. The predicted octanol–water partition coefficient (Wildman–Crippen LogP) is 5.10. The molecule has 0 saturated heterocycles. The Balaban J connectivity index is 1.68. The Kier molecular flexibility index (Phi) is 3.97. The van der Waals surface area contributed by atoms with Crippen molar-refractivity contribution in [1.82, 2.24) is 0 Å². The largest absolute Gasteiger partial charge is 0.381 e. The summed E-state index contributed by atoms with van der Waals surface area (Å²) in [5, 5.41) is 3.22. The summed E-state index contributed by atoms with van der Waals surface area (Å²) in [6, 6.07) is 25.2. The third-order valence-corrected chi connectivity index (χ3v) is 3.38. The highest BCUT2D eigenvalue weighted by atomic mass is 19.1. The zero-order chi connectivity index (χ0) is 14.5. The van der Waals surface area contributed by atoms with Crippen molar-refractivity contribution in [1.29, 1.82) is 0 Å². The van der Waals surface area contributed by atoms with Gasteiger partial charge in [-0.3, -0.25) is 0 Å². The minimum atomic E-state index is -0.223. The first-order valence-electron chi connectivity index (χ1n) is 6.95. The van der Waals surface area contributed by atoms with E-state index in [1.54, 1.807) is 6.07 Å². The summed E-state index contributed by atoms with van der Waals surface area (Å²) >= 11 is 0. The lowest BCUT2D eigenvalue weighted by atomic mass is 10.0. The number of hydrogen-bond donors (Lipinski definition) is 1. The minimum Gasteiger partial charge on any atom is -0.381 e. The molecule has 0 atom stereocenters. The summed E-state index contributed by atoms with van der Waals surface area (Å²) in [4.78, 5) is 0. The van der Waals surface area contributed by atoms with Gasteiger partial charge in [0, 0.05) is 12.2 Å². The van der Waals surface area contributed by atoms with Crippen molar-refractivity contribution in [3.05, 3.63) is 90.2 Å². The Morgan fingerprint density at radius 1 is 0.714 bits per heavy atom. The maximum Gasteiger partial charge on any atom is 0.125 e. The molecule has 0 aliphatic heterocycles.